The number of rotatable bonds is 5. The lowest BCUT2D eigenvalue weighted by Gasteiger charge is -2.01. The lowest BCUT2D eigenvalue weighted by molar-refractivity contribution is -0.133. The average Bonchev–Trinajstić information content (AvgIpc) is 2.12. The van der Waals surface area contributed by atoms with Gasteiger partial charge in [-0.3, -0.25) is 4.79 Å². The van der Waals surface area contributed by atoms with E-state index in [0.29, 0.717) is 0 Å². The first-order chi connectivity index (χ1) is 6.68. The largest absolute Gasteiger partial charge is 0.481 e. The van der Waals surface area contributed by atoms with Crippen molar-refractivity contribution < 1.29 is 9.90 Å². The molecule has 0 unspecified atom stereocenters. The third-order valence-corrected chi connectivity index (χ3v) is 2.79. The molecule has 0 aliphatic heterocycles. The van der Waals surface area contributed by atoms with Crippen molar-refractivity contribution in [1.82, 2.24) is 0 Å². The van der Waals surface area contributed by atoms with E-state index in [9.17, 15) is 4.79 Å². The summed E-state index contributed by atoms with van der Waals surface area (Å²) in [6.45, 7) is 2.06. The molecule has 0 aromatic heterocycles. The Bertz CT molecular complexity index is 310. The van der Waals surface area contributed by atoms with Gasteiger partial charge in [-0.2, -0.15) is 0 Å². The maximum atomic E-state index is 10.2. The molecule has 0 aliphatic rings. The second-order valence-electron chi connectivity index (χ2n) is 3.19. The molecular weight excluding hydrogens is 196 g/mol. The van der Waals surface area contributed by atoms with Crippen LogP contribution in [0.2, 0.25) is 0 Å². The Morgan fingerprint density at radius 1 is 1.50 bits per heavy atom. The minimum atomic E-state index is -0.737. The second kappa shape index (κ2) is 5.70. The zero-order valence-electron chi connectivity index (χ0n) is 8.19. The van der Waals surface area contributed by atoms with Crippen molar-refractivity contribution in [3.63, 3.8) is 0 Å². The standard InChI is InChI=1S/C11H14O2S/c1-9-3-2-4-10(7-9)5-6-14-8-11(12)13/h2-4,7H,5-6,8H2,1H3,(H,12,13). The Labute approximate surface area is 88.3 Å². The lowest BCUT2D eigenvalue weighted by Crippen LogP contribution is -1.99. The molecule has 0 saturated carbocycles. The number of aryl methyl sites for hydroxylation is 2. The molecule has 0 atom stereocenters. The van der Waals surface area contributed by atoms with Crippen LogP contribution < -0.4 is 0 Å². The Hall–Kier alpha value is -0.960. The number of carboxylic acids is 1. The van der Waals surface area contributed by atoms with Crippen LogP contribution in [0.3, 0.4) is 0 Å². The van der Waals surface area contributed by atoms with Gasteiger partial charge in [0.2, 0.25) is 0 Å². The highest BCUT2D eigenvalue weighted by molar-refractivity contribution is 7.99. The fourth-order valence-electron chi connectivity index (χ4n) is 1.22. The monoisotopic (exact) mass is 210 g/mol. The Morgan fingerprint density at radius 2 is 2.29 bits per heavy atom. The Kier molecular flexibility index (Phi) is 4.53. The molecule has 14 heavy (non-hydrogen) atoms. The fraction of sp³-hybridized carbons (Fsp3) is 0.364. The smallest absolute Gasteiger partial charge is 0.313 e. The van der Waals surface area contributed by atoms with Crippen molar-refractivity contribution in [1.29, 1.82) is 0 Å². The normalized spacial score (nSPS) is 10.1. The second-order valence-corrected chi connectivity index (χ2v) is 4.29. The van der Waals surface area contributed by atoms with Gasteiger partial charge in [-0.05, 0) is 24.7 Å². The van der Waals surface area contributed by atoms with E-state index in [4.69, 9.17) is 5.11 Å². The summed E-state index contributed by atoms with van der Waals surface area (Å²) in [5.41, 5.74) is 2.54. The van der Waals surface area contributed by atoms with Crippen molar-refractivity contribution in [3.05, 3.63) is 35.4 Å². The third kappa shape index (κ3) is 4.33. The van der Waals surface area contributed by atoms with E-state index >= 15 is 0 Å². The summed E-state index contributed by atoms with van der Waals surface area (Å²) in [4.78, 5) is 10.2. The highest BCUT2D eigenvalue weighted by Crippen LogP contribution is 2.08. The Balaban J connectivity index is 2.28. The molecule has 0 spiro atoms. The predicted molar refractivity (Wildman–Crippen MR) is 59.8 cm³/mol. The van der Waals surface area contributed by atoms with Crippen molar-refractivity contribution in [3.8, 4) is 0 Å². The lowest BCUT2D eigenvalue weighted by atomic mass is 10.1. The summed E-state index contributed by atoms with van der Waals surface area (Å²) in [7, 11) is 0. The summed E-state index contributed by atoms with van der Waals surface area (Å²) in [6.07, 6.45) is 0.944. The topological polar surface area (TPSA) is 37.3 Å². The van der Waals surface area contributed by atoms with Crippen molar-refractivity contribution in [2.75, 3.05) is 11.5 Å². The molecule has 2 nitrogen and oxygen atoms in total. The summed E-state index contributed by atoms with van der Waals surface area (Å²) < 4.78 is 0. The molecule has 1 N–H and O–H groups in total. The average molecular weight is 210 g/mol. The minimum absolute atomic E-state index is 0.200. The van der Waals surface area contributed by atoms with E-state index in [2.05, 4.69) is 25.1 Å². The van der Waals surface area contributed by atoms with Crippen LogP contribution >= 0.6 is 11.8 Å². The van der Waals surface area contributed by atoms with Crippen LogP contribution in [0.15, 0.2) is 24.3 Å². The van der Waals surface area contributed by atoms with Gasteiger partial charge < -0.3 is 5.11 Å². The van der Waals surface area contributed by atoms with Crippen LogP contribution in [0.25, 0.3) is 0 Å². The van der Waals surface area contributed by atoms with E-state index < -0.39 is 5.97 Å². The van der Waals surface area contributed by atoms with Crippen LogP contribution in [0.5, 0.6) is 0 Å². The van der Waals surface area contributed by atoms with E-state index in [0.717, 1.165) is 12.2 Å². The summed E-state index contributed by atoms with van der Waals surface area (Å²) in [6, 6.07) is 8.32. The van der Waals surface area contributed by atoms with Gasteiger partial charge in [-0.25, -0.2) is 0 Å². The van der Waals surface area contributed by atoms with Gasteiger partial charge in [0.15, 0.2) is 0 Å². The van der Waals surface area contributed by atoms with E-state index in [1.165, 1.54) is 22.9 Å². The quantitative estimate of drug-likeness (QED) is 0.758. The van der Waals surface area contributed by atoms with Gasteiger partial charge in [0.1, 0.15) is 0 Å². The third-order valence-electron chi connectivity index (χ3n) is 1.84. The number of carbonyl (C=O) groups is 1. The number of thioether (sulfide) groups is 1. The molecule has 0 aliphatic carbocycles. The molecule has 0 saturated heterocycles. The van der Waals surface area contributed by atoms with Gasteiger partial charge in [0.25, 0.3) is 0 Å². The maximum absolute atomic E-state index is 10.2. The zero-order valence-corrected chi connectivity index (χ0v) is 9.01. The predicted octanol–water partition coefficient (Wildman–Crippen LogP) is 2.36. The van der Waals surface area contributed by atoms with E-state index in [1.807, 2.05) is 6.07 Å². The highest BCUT2D eigenvalue weighted by atomic mass is 32.2. The van der Waals surface area contributed by atoms with Crippen molar-refractivity contribution >= 4 is 17.7 Å². The van der Waals surface area contributed by atoms with Gasteiger partial charge in [-0.1, -0.05) is 29.8 Å². The molecule has 76 valence electrons. The number of carboxylic acid groups (broad SMARTS) is 1. The zero-order chi connectivity index (χ0) is 10.4. The van der Waals surface area contributed by atoms with Gasteiger partial charge in [0, 0.05) is 0 Å². The van der Waals surface area contributed by atoms with Crippen molar-refractivity contribution in [2.24, 2.45) is 0 Å². The highest BCUT2D eigenvalue weighted by Gasteiger charge is 1.97. The van der Waals surface area contributed by atoms with Gasteiger partial charge in [0.05, 0.1) is 5.75 Å². The molecule has 0 heterocycles. The van der Waals surface area contributed by atoms with Gasteiger partial charge in [-0.15, -0.1) is 11.8 Å². The van der Waals surface area contributed by atoms with Crippen LogP contribution in [-0.4, -0.2) is 22.6 Å². The molecule has 0 amide bonds. The summed E-state index contributed by atoms with van der Waals surface area (Å²) in [5.74, 6) is 0.334. The summed E-state index contributed by atoms with van der Waals surface area (Å²) >= 11 is 1.46. The van der Waals surface area contributed by atoms with Crippen LogP contribution in [0.1, 0.15) is 11.1 Å². The van der Waals surface area contributed by atoms with Crippen LogP contribution in [-0.2, 0) is 11.2 Å². The van der Waals surface area contributed by atoms with Crippen molar-refractivity contribution in [2.45, 2.75) is 13.3 Å². The molecule has 1 rings (SSSR count). The molecular formula is C11H14O2S. The van der Waals surface area contributed by atoms with Crippen LogP contribution in [0, 0.1) is 6.92 Å². The number of hydrogen-bond acceptors (Lipinski definition) is 2. The fourth-order valence-corrected chi connectivity index (χ4v) is 1.92. The number of aliphatic carboxylic acids is 1. The Morgan fingerprint density at radius 3 is 2.93 bits per heavy atom. The van der Waals surface area contributed by atoms with Crippen LogP contribution in [0.4, 0.5) is 0 Å². The number of benzene rings is 1. The minimum Gasteiger partial charge on any atom is -0.481 e. The molecule has 0 fully saturated rings. The first-order valence-electron chi connectivity index (χ1n) is 4.53. The first-order valence-corrected chi connectivity index (χ1v) is 5.69. The molecule has 1 aromatic rings. The molecule has 0 bridgehead atoms. The molecule has 1 aromatic carbocycles. The summed E-state index contributed by atoms with van der Waals surface area (Å²) in [5, 5.41) is 8.43. The van der Waals surface area contributed by atoms with E-state index in [1.54, 1.807) is 0 Å². The SMILES string of the molecule is Cc1cccc(CCSCC(=O)O)c1. The first kappa shape index (κ1) is 11.1. The van der Waals surface area contributed by atoms with Gasteiger partial charge >= 0.3 is 5.97 Å². The molecule has 0 radical (unpaired) electrons. The molecule has 3 heteroatoms. The van der Waals surface area contributed by atoms with E-state index in [-0.39, 0.29) is 5.75 Å². The number of hydrogen-bond donors (Lipinski definition) is 1. The maximum Gasteiger partial charge on any atom is 0.313 e.